The summed E-state index contributed by atoms with van der Waals surface area (Å²) in [4.78, 5) is 12.8. The average molecular weight is 403 g/mol. The molecule has 3 fully saturated rings. The largest absolute Gasteiger partial charge is 0.388 e. The molecule has 3 rings (SSSR count). The molecule has 0 bridgehead atoms. The van der Waals surface area contributed by atoms with Crippen molar-refractivity contribution in [2.24, 2.45) is 17.8 Å². The topological polar surface area (TPSA) is 111 Å². The first-order valence-electron chi connectivity index (χ1n) is 10.1. The summed E-state index contributed by atoms with van der Waals surface area (Å²) in [7, 11) is 0. The van der Waals surface area contributed by atoms with Crippen molar-refractivity contribution in [3.05, 3.63) is 0 Å². The van der Waals surface area contributed by atoms with Crippen molar-refractivity contribution in [3.63, 3.8) is 0 Å². The van der Waals surface area contributed by atoms with Crippen molar-refractivity contribution < 1.29 is 24.9 Å². The molecular formula is C19H34N2O5S. The number of carbonyl (C=O) groups is 1. The van der Waals surface area contributed by atoms with Gasteiger partial charge < -0.3 is 30.7 Å². The molecule has 0 aromatic rings. The Morgan fingerprint density at radius 3 is 2.41 bits per heavy atom. The highest BCUT2D eigenvalue weighted by Crippen LogP contribution is 2.36. The van der Waals surface area contributed by atoms with E-state index in [4.69, 9.17) is 4.74 Å². The predicted octanol–water partition coefficient (Wildman–Crippen LogP) is 0.0760. The third kappa shape index (κ3) is 4.79. The van der Waals surface area contributed by atoms with Gasteiger partial charge in [0.1, 0.15) is 29.9 Å². The molecule has 1 aliphatic carbocycles. The van der Waals surface area contributed by atoms with Crippen LogP contribution in [-0.2, 0) is 9.53 Å². The number of ether oxygens (including phenoxy) is 1. The van der Waals surface area contributed by atoms with E-state index in [9.17, 15) is 20.1 Å². The normalized spacial score (nSPS) is 40.5. The molecule has 0 radical (unpaired) electrons. The van der Waals surface area contributed by atoms with E-state index in [1.807, 2.05) is 13.8 Å². The Hall–Kier alpha value is -0.380. The van der Waals surface area contributed by atoms with Gasteiger partial charge in [-0.25, -0.2) is 0 Å². The van der Waals surface area contributed by atoms with Crippen LogP contribution in [0.25, 0.3) is 0 Å². The zero-order chi connectivity index (χ0) is 19.7. The van der Waals surface area contributed by atoms with Gasteiger partial charge in [-0.2, -0.15) is 0 Å². The molecule has 7 nitrogen and oxygen atoms in total. The first-order chi connectivity index (χ1) is 12.8. The van der Waals surface area contributed by atoms with Crippen molar-refractivity contribution in [3.8, 4) is 0 Å². The fourth-order valence-electron chi connectivity index (χ4n) is 4.08. The van der Waals surface area contributed by atoms with Gasteiger partial charge in [0, 0.05) is 6.54 Å². The molecular weight excluding hydrogens is 368 g/mol. The highest BCUT2D eigenvalue weighted by Gasteiger charge is 2.48. The second kappa shape index (κ2) is 8.97. The van der Waals surface area contributed by atoms with Crippen LogP contribution >= 0.6 is 11.8 Å². The maximum Gasteiger partial charge on any atom is 0.237 e. The fraction of sp³-hybridized carbons (Fsp3) is 0.947. The van der Waals surface area contributed by atoms with E-state index in [1.165, 1.54) is 31.0 Å². The number of hydrogen-bond donors (Lipinski definition) is 5. The van der Waals surface area contributed by atoms with Crippen LogP contribution in [0.2, 0.25) is 0 Å². The van der Waals surface area contributed by atoms with Crippen molar-refractivity contribution in [1.82, 2.24) is 10.6 Å². The number of rotatable bonds is 8. The number of nitrogens with one attached hydrogen (secondary N) is 2. The monoisotopic (exact) mass is 402 g/mol. The molecule has 3 unspecified atom stereocenters. The number of amides is 1. The highest BCUT2D eigenvalue weighted by molar-refractivity contribution is 7.99. The summed E-state index contributed by atoms with van der Waals surface area (Å²) >= 11 is 1.28. The molecule has 8 heteroatoms. The van der Waals surface area contributed by atoms with Crippen molar-refractivity contribution in [2.45, 2.75) is 81.5 Å². The molecule has 0 spiro atoms. The molecule has 0 aromatic heterocycles. The zero-order valence-electron chi connectivity index (χ0n) is 16.4. The lowest BCUT2D eigenvalue weighted by atomic mass is 9.84. The van der Waals surface area contributed by atoms with Crippen LogP contribution in [-0.4, -0.2) is 76.0 Å². The second-order valence-electron chi connectivity index (χ2n) is 8.62. The van der Waals surface area contributed by atoms with Crippen LogP contribution in [0.5, 0.6) is 0 Å². The lowest BCUT2D eigenvalue weighted by molar-refractivity contribution is -0.208. The molecule has 2 heterocycles. The first kappa shape index (κ1) is 21.3. The Bertz CT molecular complexity index is 516. The minimum Gasteiger partial charge on any atom is -0.388 e. The molecule has 8 atom stereocenters. The molecule has 2 saturated heterocycles. The van der Waals surface area contributed by atoms with Crippen molar-refractivity contribution >= 4 is 17.7 Å². The van der Waals surface area contributed by atoms with Crippen LogP contribution in [0.15, 0.2) is 0 Å². The van der Waals surface area contributed by atoms with E-state index in [2.05, 4.69) is 10.6 Å². The molecule has 0 aromatic carbocycles. The first-order valence-corrected chi connectivity index (χ1v) is 11.4. The smallest absolute Gasteiger partial charge is 0.237 e. The van der Waals surface area contributed by atoms with Gasteiger partial charge in [0.2, 0.25) is 5.91 Å². The fourth-order valence-corrected chi connectivity index (χ4v) is 4.76. The van der Waals surface area contributed by atoms with Gasteiger partial charge in [0.05, 0.1) is 12.1 Å². The SMILES string of the molecule is CS[C@@H]1O[C@@H](C(NC(=O)C2NCC2CCC2CC2)C(C)C)[C@@H](O)[C@@H](O)[C@@H]1O. The zero-order valence-corrected chi connectivity index (χ0v) is 17.2. The molecule has 5 N–H and O–H groups in total. The summed E-state index contributed by atoms with van der Waals surface area (Å²) in [6, 6.07) is -0.645. The summed E-state index contributed by atoms with van der Waals surface area (Å²) < 4.78 is 5.87. The van der Waals surface area contributed by atoms with Crippen LogP contribution in [0.1, 0.15) is 39.5 Å². The molecule has 27 heavy (non-hydrogen) atoms. The van der Waals surface area contributed by atoms with Gasteiger partial charge >= 0.3 is 0 Å². The molecule has 3 aliphatic rings. The molecule has 1 amide bonds. The third-order valence-electron chi connectivity index (χ3n) is 6.22. The average Bonchev–Trinajstić information content (AvgIpc) is 3.42. The Morgan fingerprint density at radius 1 is 1.19 bits per heavy atom. The van der Waals surface area contributed by atoms with E-state index in [-0.39, 0.29) is 17.9 Å². The van der Waals surface area contributed by atoms with Gasteiger partial charge in [-0.05, 0) is 30.4 Å². The van der Waals surface area contributed by atoms with E-state index < -0.39 is 35.9 Å². The van der Waals surface area contributed by atoms with Gasteiger partial charge in [0.15, 0.2) is 0 Å². The number of aliphatic hydroxyl groups excluding tert-OH is 3. The summed E-state index contributed by atoms with van der Waals surface area (Å²) in [5.74, 6) is 1.16. The predicted molar refractivity (Wildman–Crippen MR) is 104 cm³/mol. The standard InChI is InChI=1S/C19H34N2O5S/c1-9(2)12(17-15(23)14(22)16(24)19(26-17)27-3)21-18(25)13-11(8-20-13)7-6-10-4-5-10/h9-17,19-20,22-24H,4-8H2,1-3H3,(H,21,25)/t11?,12?,13?,14-,15+,16+,17+,19+/m1/s1. The highest BCUT2D eigenvalue weighted by atomic mass is 32.2. The van der Waals surface area contributed by atoms with E-state index in [1.54, 1.807) is 6.26 Å². The molecule has 156 valence electrons. The second-order valence-corrected chi connectivity index (χ2v) is 9.56. The van der Waals surface area contributed by atoms with Crippen molar-refractivity contribution in [2.75, 3.05) is 12.8 Å². The third-order valence-corrected chi connectivity index (χ3v) is 7.07. The van der Waals surface area contributed by atoms with Crippen LogP contribution in [0.3, 0.4) is 0 Å². The van der Waals surface area contributed by atoms with Crippen LogP contribution in [0.4, 0.5) is 0 Å². The Balaban J connectivity index is 1.61. The summed E-state index contributed by atoms with van der Waals surface area (Å²) in [6.45, 7) is 4.77. The summed E-state index contributed by atoms with van der Waals surface area (Å²) in [5.41, 5.74) is -0.639. The number of thioether (sulfide) groups is 1. The van der Waals surface area contributed by atoms with Gasteiger partial charge in [-0.1, -0.05) is 33.1 Å². The number of aliphatic hydroxyl groups is 3. The van der Waals surface area contributed by atoms with Gasteiger partial charge in [0.25, 0.3) is 0 Å². The Labute approximate surface area is 165 Å². The van der Waals surface area contributed by atoms with Crippen LogP contribution < -0.4 is 10.6 Å². The van der Waals surface area contributed by atoms with E-state index in [0.717, 1.165) is 18.9 Å². The number of carbonyl (C=O) groups excluding carboxylic acids is 1. The maximum atomic E-state index is 12.8. The Kier molecular flexibility index (Phi) is 7.08. The molecule has 1 saturated carbocycles. The van der Waals surface area contributed by atoms with E-state index in [0.29, 0.717) is 5.92 Å². The number of hydrogen-bond acceptors (Lipinski definition) is 7. The van der Waals surface area contributed by atoms with Gasteiger partial charge in [-0.3, -0.25) is 4.79 Å². The Morgan fingerprint density at radius 2 is 1.89 bits per heavy atom. The lowest BCUT2D eigenvalue weighted by Crippen LogP contribution is -2.67. The van der Waals surface area contributed by atoms with E-state index >= 15 is 0 Å². The van der Waals surface area contributed by atoms with Gasteiger partial charge in [-0.15, -0.1) is 11.8 Å². The molecule has 2 aliphatic heterocycles. The lowest BCUT2D eigenvalue weighted by Gasteiger charge is -2.45. The minimum absolute atomic E-state index is 0.00328. The summed E-state index contributed by atoms with van der Waals surface area (Å²) in [6.07, 6.45) is 2.23. The quantitative estimate of drug-likeness (QED) is 0.391. The maximum absolute atomic E-state index is 12.8. The minimum atomic E-state index is -1.30. The van der Waals surface area contributed by atoms with Crippen molar-refractivity contribution in [1.29, 1.82) is 0 Å². The van der Waals surface area contributed by atoms with Crippen LogP contribution in [0, 0.1) is 17.8 Å². The summed E-state index contributed by atoms with van der Waals surface area (Å²) in [5, 5.41) is 37.0.